The van der Waals surface area contributed by atoms with Crippen molar-refractivity contribution in [2.24, 2.45) is 5.92 Å². The minimum absolute atomic E-state index is 0.0822. The first-order chi connectivity index (χ1) is 12.5. The van der Waals surface area contributed by atoms with Crippen molar-refractivity contribution in [2.75, 3.05) is 24.6 Å². The topological polar surface area (TPSA) is 58.6 Å². The highest BCUT2D eigenvalue weighted by Crippen LogP contribution is 2.27. The molecule has 6 heteroatoms. The molecule has 1 aliphatic rings. The molecule has 0 radical (unpaired) electrons. The van der Waals surface area contributed by atoms with Crippen molar-refractivity contribution in [3.8, 4) is 5.75 Å². The van der Waals surface area contributed by atoms with E-state index in [4.69, 9.17) is 4.74 Å². The average Bonchev–Trinajstić information content (AvgIpc) is 3.01. The molecule has 0 spiro atoms. The zero-order valence-electron chi connectivity index (χ0n) is 14.6. The maximum absolute atomic E-state index is 13.9. The number of carbonyl (C=O) groups is 2. The summed E-state index contributed by atoms with van der Waals surface area (Å²) in [5, 5.41) is 2.78. The number of hydrogen-bond acceptors (Lipinski definition) is 3. The lowest BCUT2D eigenvalue weighted by molar-refractivity contribution is -0.126. The van der Waals surface area contributed by atoms with Gasteiger partial charge < -0.3 is 15.0 Å². The van der Waals surface area contributed by atoms with Gasteiger partial charge in [-0.25, -0.2) is 4.39 Å². The molecular weight excluding hydrogens is 335 g/mol. The van der Waals surface area contributed by atoms with E-state index in [1.54, 1.807) is 18.2 Å². The van der Waals surface area contributed by atoms with Crippen molar-refractivity contribution in [3.05, 3.63) is 59.9 Å². The number of nitrogens with zero attached hydrogens (tertiary/aromatic N) is 1. The SMILES string of the molecule is Cc1cccc(OCCNC(=O)C2CC(=O)N(c3ccccc3F)C2)c1. The Morgan fingerprint density at radius 1 is 1.27 bits per heavy atom. The molecule has 1 N–H and O–H groups in total. The molecule has 0 aliphatic carbocycles. The summed E-state index contributed by atoms with van der Waals surface area (Å²) in [6, 6.07) is 13.7. The highest BCUT2D eigenvalue weighted by molar-refractivity contribution is 6.00. The van der Waals surface area contributed by atoms with Gasteiger partial charge >= 0.3 is 0 Å². The van der Waals surface area contributed by atoms with E-state index >= 15 is 0 Å². The predicted octanol–water partition coefficient (Wildman–Crippen LogP) is 2.68. The molecule has 136 valence electrons. The van der Waals surface area contributed by atoms with Crippen molar-refractivity contribution in [1.29, 1.82) is 0 Å². The number of hydrogen-bond donors (Lipinski definition) is 1. The lowest BCUT2D eigenvalue weighted by Gasteiger charge is -2.17. The quantitative estimate of drug-likeness (QED) is 0.810. The second-order valence-corrected chi connectivity index (χ2v) is 6.31. The summed E-state index contributed by atoms with van der Waals surface area (Å²) in [6.45, 7) is 2.85. The lowest BCUT2D eigenvalue weighted by Crippen LogP contribution is -2.35. The number of amides is 2. The molecule has 2 aromatic rings. The van der Waals surface area contributed by atoms with E-state index in [0.717, 1.165) is 11.3 Å². The number of carbonyl (C=O) groups excluding carboxylic acids is 2. The summed E-state index contributed by atoms with van der Waals surface area (Å²) < 4.78 is 19.5. The van der Waals surface area contributed by atoms with E-state index in [1.807, 2.05) is 31.2 Å². The minimum Gasteiger partial charge on any atom is -0.492 e. The van der Waals surface area contributed by atoms with Crippen molar-refractivity contribution >= 4 is 17.5 Å². The average molecular weight is 356 g/mol. The van der Waals surface area contributed by atoms with Crippen LogP contribution in [0.1, 0.15) is 12.0 Å². The van der Waals surface area contributed by atoms with Gasteiger partial charge in [0.25, 0.3) is 0 Å². The highest BCUT2D eigenvalue weighted by atomic mass is 19.1. The van der Waals surface area contributed by atoms with Gasteiger partial charge in [0.2, 0.25) is 11.8 Å². The van der Waals surface area contributed by atoms with Crippen molar-refractivity contribution in [3.63, 3.8) is 0 Å². The van der Waals surface area contributed by atoms with E-state index in [2.05, 4.69) is 5.32 Å². The van der Waals surface area contributed by atoms with Crippen molar-refractivity contribution < 1.29 is 18.7 Å². The maximum Gasteiger partial charge on any atom is 0.227 e. The zero-order valence-corrected chi connectivity index (χ0v) is 14.6. The van der Waals surface area contributed by atoms with Crippen LogP contribution in [0.15, 0.2) is 48.5 Å². The number of aryl methyl sites for hydroxylation is 1. The van der Waals surface area contributed by atoms with Gasteiger partial charge in [0.05, 0.1) is 18.2 Å². The van der Waals surface area contributed by atoms with E-state index in [9.17, 15) is 14.0 Å². The first-order valence-electron chi connectivity index (χ1n) is 8.56. The molecule has 1 fully saturated rings. The van der Waals surface area contributed by atoms with Gasteiger partial charge in [-0.2, -0.15) is 0 Å². The number of para-hydroxylation sites is 1. The van der Waals surface area contributed by atoms with Gasteiger partial charge in [0.1, 0.15) is 18.2 Å². The summed E-state index contributed by atoms with van der Waals surface area (Å²) in [5.74, 6) is -0.660. The van der Waals surface area contributed by atoms with Crippen LogP contribution in [0.4, 0.5) is 10.1 Å². The third kappa shape index (κ3) is 4.20. The lowest BCUT2D eigenvalue weighted by atomic mass is 10.1. The molecule has 2 amide bonds. The smallest absolute Gasteiger partial charge is 0.227 e. The van der Waals surface area contributed by atoms with Crippen LogP contribution in [0.2, 0.25) is 0 Å². The molecule has 2 aromatic carbocycles. The molecule has 1 aliphatic heterocycles. The van der Waals surface area contributed by atoms with Gasteiger partial charge in [0.15, 0.2) is 0 Å². The van der Waals surface area contributed by atoms with Crippen LogP contribution in [0, 0.1) is 18.7 Å². The Morgan fingerprint density at radius 2 is 2.08 bits per heavy atom. The summed E-state index contributed by atoms with van der Waals surface area (Å²) in [6.07, 6.45) is 0.0822. The van der Waals surface area contributed by atoms with Crippen molar-refractivity contribution in [1.82, 2.24) is 5.32 Å². The van der Waals surface area contributed by atoms with Crippen LogP contribution in [-0.2, 0) is 9.59 Å². The number of nitrogens with one attached hydrogen (secondary N) is 1. The fraction of sp³-hybridized carbons (Fsp3) is 0.300. The molecule has 1 unspecified atom stereocenters. The number of benzene rings is 2. The Morgan fingerprint density at radius 3 is 2.85 bits per heavy atom. The van der Waals surface area contributed by atoms with Gasteiger partial charge in [-0.1, -0.05) is 24.3 Å². The van der Waals surface area contributed by atoms with Gasteiger partial charge in [-0.3, -0.25) is 9.59 Å². The highest BCUT2D eigenvalue weighted by Gasteiger charge is 2.35. The molecule has 26 heavy (non-hydrogen) atoms. The number of ether oxygens (including phenoxy) is 1. The Hall–Kier alpha value is -2.89. The monoisotopic (exact) mass is 356 g/mol. The van der Waals surface area contributed by atoms with E-state index < -0.39 is 11.7 Å². The van der Waals surface area contributed by atoms with Gasteiger partial charge in [-0.05, 0) is 36.8 Å². The first kappa shape index (κ1) is 17.9. The first-order valence-corrected chi connectivity index (χ1v) is 8.56. The number of rotatable bonds is 6. The number of anilines is 1. The molecule has 1 saturated heterocycles. The molecule has 0 saturated carbocycles. The van der Waals surface area contributed by atoms with Crippen LogP contribution in [0.25, 0.3) is 0 Å². The Labute approximate surface area is 151 Å². The second kappa shape index (κ2) is 7.99. The fourth-order valence-electron chi connectivity index (χ4n) is 2.98. The third-order valence-electron chi connectivity index (χ3n) is 4.30. The Kier molecular flexibility index (Phi) is 5.51. The molecule has 0 bridgehead atoms. The molecule has 0 aromatic heterocycles. The summed E-state index contributed by atoms with van der Waals surface area (Å²) >= 11 is 0. The molecule has 5 nitrogen and oxygen atoms in total. The fourth-order valence-corrected chi connectivity index (χ4v) is 2.98. The zero-order chi connectivity index (χ0) is 18.5. The molecular formula is C20H21FN2O3. The Balaban J connectivity index is 1.48. The summed E-state index contributed by atoms with van der Waals surface area (Å²) in [4.78, 5) is 25.8. The standard InChI is InChI=1S/C20H21FN2O3/c1-14-5-4-6-16(11-14)26-10-9-22-20(25)15-12-19(24)23(13-15)18-8-3-2-7-17(18)21/h2-8,11,15H,9-10,12-13H2,1H3,(H,22,25). The van der Waals surface area contributed by atoms with Gasteiger partial charge in [0, 0.05) is 13.0 Å². The van der Waals surface area contributed by atoms with Gasteiger partial charge in [-0.15, -0.1) is 0 Å². The van der Waals surface area contributed by atoms with E-state index in [0.29, 0.717) is 13.2 Å². The minimum atomic E-state index is -0.485. The number of halogens is 1. The summed E-state index contributed by atoms with van der Waals surface area (Å²) in [5.41, 5.74) is 1.32. The largest absolute Gasteiger partial charge is 0.492 e. The van der Waals surface area contributed by atoms with Crippen molar-refractivity contribution in [2.45, 2.75) is 13.3 Å². The normalized spacial score (nSPS) is 16.6. The van der Waals surface area contributed by atoms with Crippen LogP contribution in [0.3, 0.4) is 0 Å². The van der Waals surface area contributed by atoms with E-state index in [-0.39, 0.29) is 30.5 Å². The molecule has 1 atom stereocenters. The van der Waals surface area contributed by atoms with E-state index in [1.165, 1.54) is 11.0 Å². The second-order valence-electron chi connectivity index (χ2n) is 6.31. The third-order valence-corrected chi connectivity index (χ3v) is 4.30. The molecule has 1 heterocycles. The summed E-state index contributed by atoms with van der Waals surface area (Å²) in [7, 11) is 0. The molecule has 3 rings (SSSR count). The van der Waals surface area contributed by atoms with Crippen LogP contribution in [0.5, 0.6) is 5.75 Å². The van der Waals surface area contributed by atoms with Crippen LogP contribution >= 0.6 is 0 Å². The van der Waals surface area contributed by atoms with Crippen LogP contribution in [-0.4, -0.2) is 31.5 Å². The predicted molar refractivity (Wildman–Crippen MR) is 96.5 cm³/mol. The maximum atomic E-state index is 13.9. The van der Waals surface area contributed by atoms with Crippen LogP contribution < -0.4 is 15.0 Å². The Bertz CT molecular complexity index is 809.